The summed E-state index contributed by atoms with van der Waals surface area (Å²) in [6.45, 7) is 0. The van der Waals surface area contributed by atoms with Gasteiger partial charge in [-0.3, -0.25) is 4.79 Å². The van der Waals surface area contributed by atoms with Crippen LogP contribution in [0.4, 0.5) is 5.69 Å². The van der Waals surface area contributed by atoms with E-state index in [9.17, 15) is 4.79 Å². The predicted octanol–water partition coefficient (Wildman–Crippen LogP) is 2.75. The fraction of sp³-hybridized carbons (Fsp3) is 0.333. The van der Waals surface area contributed by atoms with Gasteiger partial charge in [0.1, 0.15) is 0 Å². The second-order valence-corrected chi connectivity index (χ2v) is 6.24. The van der Waals surface area contributed by atoms with Gasteiger partial charge in [-0.15, -0.1) is 0 Å². The second-order valence-electron chi connectivity index (χ2n) is 5.32. The van der Waals surface area contributed by atoms with Gasteiger partial charge >= 0.3 is 0 Å². The first-order valence-electron chi connectivity index (χ1n) is 6.98. The van der Waals surface area contributed by atoms with Crippen molar-refractivity contribution in [3.63, 3.8) is 0 Å². The summed E-state index contributed by atoms with van der Waals surface area (Å²) in [6.07, 6.45) is 8.65. The van der Waals surface area contributed by atoms with Crippen LogP contribution in [0.1, 0.15) is 35.7 Å². The van der Waals surface area contributed by atoms with Crippen LogP contribution in [0.3, 0.4) is 0 Å². The number of benzene rings is 1. The largest absolute Gasteiger partial charge is 0.398 e. The Labute approximate surface area is 131 Å². The molecule has 0 saturated heterocycles. The standard InChI is InChI=1S/C15H17BrN4O/c16-10-4-5-12(17)11(8-10)15(21)19-13-2-1-3-14(13)20-7-6-18-9-20/h4-9,13-14H,1-3,17H2,(H,19,21). The zero-order valence-electron chi connectivity index (χ0n) is 11.5. The molecule has 1 aromatic carbocycles. The van der Waals surface area contributed by atoms with Gasteiger partial charge in [0.15, 0.2) is 0 Å². The van der Waals surface area contributed by atoms with Gasteiger partial charge in [-0.05, 0) is 37.5 Å². The fourth-order valence-electron chi connectivity index (χ4n) is 2.90. The molecule has 1 heterocycles. The normalized spacial score (nSPS) is 21.4. The lowest BCUT2D eigenvalue weighted by molar-refractivity contribution is 0.0929. The molecule has 1 aliphatic carbocycles. The lowest BCUT2D eigenvalue weighted by atomic mass is 10.1. The van der Waals surface area contributed by atoms with Crippen molar-refractivity contribution in [3.05, 3.63) is 47.0 Å². The molecule has 3 rings (SSSR count). The molecule has 2 atom stereocenters. The third kappa shape index (κ3) is 2.95. The van der Waals surface area contributed by atoms with Crippen LogP contribution in [0.25, 0.3) is 0 Å². The zero-order valence-corrected chi connectivity index (χ0v) is 13.1. The van der Waals surface area contributed by atoms with E-state index in [2.05, 4.69) is 30.8 Å². The first-order valence-corrected chi connectivity index (χ1v) is 7.78. The van der Waals surface area contributed by atoms with Crippen molar-refractivity contribution in [1.82, 2.24) is 14.9 Å². The van der Waals surface area contributed by atoms with Crippen molar-refractivity contribution in [3.8, 4) is 0 Å². The Morgan fingerprint density at radius 2 is 2.29 bits per heavy atom. The van der Waals surface area contributed by atoms with Gasteiger partial charge in [-0.2, -0.15) is 0 Å². The Balaban J connectivity index is 1.76. The number of hydrogen-bond acceptors (Lipinski definition) is 3. The van der Waals surface area contributed by atoms with E-state index < -0.39 is 0 Å². The Bertz CT molecular complexity index is 641. The number of anilines is 1. The van der Waals surface area contributed by atoms with Gasteiger partial charge in [0, 0.05) is 28.6 Å². The SMILES string of the molecule is Nc1ccc(Br)cc1C(=O)NC1CCCC1n1ccnc1. The number of rotatable bonds is 3. The van der Waals surface area contributed by atoms with Crippen molar-refractivity contribution in [2.75, 3.05) is 5.73 Å². The van der Waals surface area contributed by atoms with E-state index in [-0.39, 0.29) is 18.0 Å². The lowest BCUT2D eigenvalue weighted by Crippen LogP contribution is -2.38. The van der Waals surface area contributed by atoms with E-state index in [0.29, 0.717) is 11.3 Å². The van der Waals surface area contributed by atoms with Crippen LogP contribution < -0.4 is 11.1 Å². The van der Waals surface area contributed by atoms with Crippen LogP contribution >= 0.6 is 15.9 Å². The summed E-state index contributed by atoms with van der Waals surface area (Å²) in [6, 6.07) is 5.71. The number of halogens is 1. The van der Waals surface area contributed by atoms with Gasteiger partial charge in [0.25, 0.3) is 5.91 Å². The van der Waals surface area contributed by atoms with Crippen molar-refractivity contribution in [2.24, 2.45) is 0 Å². The Morgan fingerprint density at radius 3 is 3.05 bits per heavy atom. The third-order valence-corrected chi connectivity index (χ3v) is 4.46. The molecule has 3 N–H and O–H groups in total. The molecule has 1 saturated carbocycles. The molecule has 0 aliphatic heterocycles. The molecule has 21 heavy (non-hydrogen) atoms. The van der Waals surface area contributed by atoms with Crippen LogP contribution in [0.15, 0.2) is 41.4 Å². The summed E-state index contributed by atoms with van der Waals surface area (Å²) in [4.78, 5) is 16.5. The van der Waals surface area contributed by atoms with E-state index in [1.54, 1.807) is 18.3 Å². The molecule has 1 fully saturated rings. The molecule has 110 valence electrons. The summed E-state index contributed by atoms with van der Waals surface area (Å²) >= 11 is 3.37. The van der Waals surface area contributed by atoms with Crippen molar-refractivity contribution < 1.29 is 4.79 Å². The van der Waals surface area contributed by atoms with Crippen LogP contribution in [0.2, 0.25) is 0 Å². The number of nitrogens with one attached hydrogen (secondary N) is 1. The molecule has 1 aromatic heterocycles. The monoisotopic (exact) mass is 348 g/mol. The molecule has 1 aliphatic rings. The van der Waals surface area contributed by atoms with E-state index in [1.165, 1.54) is 0 Å². The number of amides is 1. The average molecular weight is 349 g/mol. The van der Waals surface area contributed by atoms with Crippen LogP contribution in [0, 0.1) is 0 Å². The quantitative estimate of drug-likeness (QED) is 0.837. The first kappa shape index (κ1) is 14.1. The number of hydrogen-bond donors (Lipinski definition) is 2. The fourth-order valence-corrected chi connectivity index (χ4v) is 3.26. The molecular formula is C15H17BrN4O. The molecule has 0 spiro atoms. The van der Waals surface area contributed by atoms with E-state index in [4.69, 9.17) is 5.73 Å². The summed E-state index contributed by atoms with van der Waals surface area (Å²) < 4.78 is 2.92. The molecule has 2 unspecified atom stereocenters. The topological polar surface area (TPSA) is 72.9 Å². The predicted molar refractivity (Wildman–Crippen MR) is 84.9 cm³/mol. The number of carbonyl (C=O) groups is 1. The minimum atomic E-state index is -0.120. The molecule has 0 bridgehead atoms. The maximum absolute atomic E-state index is 12.5. The summed E-state index contributed by atoms with van der Waals surface area (Å²) in [5.41, 5.74) is 6.90. The summed E-state index contributed by atoms with van der Waals surface area (Å²) in [7, 11) is 0. The molecular weight excluding hydrogens is 332 g/mol. The number of nitrogens with zero attached hydrogens (tertiary/aromatic N) is 2. The zero-order chi connectivity index (χ0) is 14.8. The smallest absolute Gasteiger partial charge is 0.253 e. The van der Waals surface area contributed by atoms with Crippen molar-refractivity contribution in [2.45, 2.75) is 31.3 Å². The highest BCUT2D eigenvalue weighted by Gasteiger charge is 2.30. The molecule has 1 amide bonds. The Kier molecular flexibility index (Phi) is 3.96. The highest BCUT2D eigenvalue weighted by molar-refractivity contribution is 9.10. The van der Waals surface area contributed by atoms with E-state index in [0.717, 1.165) is 23.7 Å². The molecule has 2 aromatic rings. The highest BCUT2D eigenvalue weighted by Crippen LogP contribution is 2.30. The van der Waals surface area contributed by atoms with Crippen molar-refractivity contribution in [1.29, 1.82) is 0 Å². The van der Waals surface area contributed by atoms with Gasteiger partial charge in [0.2, 0.25) is 0 Å². The van der Waals surface area contributed by atoms with Crippen LogP contribution in [0.5, 0.6) is 0 Å². The van der Waals surface area contributed by atoms with Crippen LogP contribution in [-0.2, 0) is 0 Å². The number of imidazole rings is 1. The Morgan fingerprint density at radius 1 is 1.43 bits per heavy atom. The number of nitrogens with two attached hydrogens (primary N) is 1. The first-order chi connectivity index (χ1) is 10.1. The van der Waals surface area contributed by atoms with Gasteiger partial charge < -0.3 is 15.6 Å². The minimum Gasteiger partial charge on any atom is -0.398 e. The maximum Gasteiger partial charge on any atom is 0.253 e. The van der Waals surface area contributed by atoms with Crippen molar-refractivity contribution >= 4 is 27.5 Å². The van der Waals surface area contributed by atoms with Gasteiger partial charge in [-0.25, -0.2) is 4.98 Å². The van der Waals surface area contributed by atoms with Crippen LogP contribution in [-0.4, -0.2) is 21.5 Å². The lowest BCUT2D eigenvalue weighted by Gasteiger charge is -2.22. The highest BCUT2D eigenvalue weighted by atomic mass is 79.9. The third-order valence-electron chi connectivity index (χ3n) is 3.96. The average Bonchev–Trinajstić information content (AvgIpc) is 3.11. The van der Waals surface area contributed by atoms with E-state index in [1.807, 2.05) is 18.6 Å². The maximum atomic E-state index is 12.5. The number of aromatic nitrogens is 2. The number of carbonyl (C=O) groups excluding carboxylic acids is 1. The minimum absolute atomic E-state index is 0.116. The van der Waals surface area contributed by atoms with Gasteiger partial charge in [0.05, 0.1) is 17.9 Å². The summed E-state index contributed by atoms with van der Waals surface area (Å²) in [5, 5.41) is 3.11. The molecule has 5 nitrogen and oxygen atoms in total. The van der Waals surface area contributed by atoms with E-state index >= 15 is 0 Å². The molecule has 6 heteroatoms. The summed E-state index contributed by atoms with van der Waals surface area (Å²) in [5.74, 6) is -0.120. The second kappa shape index (κ2) is 5.89. The molecule has 0 radical (unpaired) electrons. The number of nitrogen functional groups attached to an aromatic ring is 1. The Hall–Kier alpha value is -1.82. The van der Waals surface area contributed by atoms with Gasteiger partial charge in [-0.1, -0.05) is 15.9 Å².